The molecule has 10 heavy (non-hydrogen) atoms. The van der Waals surface area contributed by atoms with Crippen molar-refractivity contribution in [3.8, 4) is 0 Å². The molecule has 1 aliphatic heterocycles. The minimum Gasteiger partial charge on any atom is -0.458 e. The molecule has 1 saturated heterocycles. The van der Waals surface area contributed by atoms with E-state index < -0.39 is 0 Å². The molecule has 0 unspecified atom stereocenters. The third-order valence-electron chi connectivity index (χ3n) is 1.72. The summed E-state index contributed by atoms with van der Waals surface area (Å²) in [7, 11) is 0. The predicted octanol–water partition coefficient (Wildman–Crippen LogP) is 0.301. The summed E-state index contributed by atoms with van der Waals surface area (Å²) in [6.07, 6.45) is 0.923. The first-order valence-corrected chi connectivity index (χ1v) is 3.53. The highest BCUT2D eigenvalue weighted by molar-refractivity contribution is 5.66. The van der Waals surface area contributed by atoms with Gasteiger partial charge in [-0.25, -0.2) is 0 Å². The first kappa shape index (κ1) is 7.54. The number of nitrogens with one attached hydrogen (secondary N) is 1. The van der Waals surface area contributed by atoms with E-state index in [1.54, 1.807) is 0 Å². The van der Waals surface area contributed by atoms with Crippen molar-refractivity contribution in [2.45, 2.75) is 25.9 Å². The molecule has 1 N–H and O–H groups in total. The van der Waals surface area contributed by atoms with Crippen molar-refractivity contribution < 1.29 is 9.53 Å². The van der Waals surface area contributed by atoms with Gasteiger partial charge >= 0.3 is 5.97 Å². The standard InChI is InChI=1S/C7H13NO2/c1-6(9)10-7(2)3-4-8-5-7/h8H,3-5H2,1-2H3/t7-/m0/s1. The van der Waals surface area contributed by atoms with Crippen LogP contribution in [0.4, 0.5) is 0 Å². The molecule has 0 amide bonds. The Kier molecular flexibility index (Phi) is 1.94. The fourth-order valence-electron chi connectivity index (χ4n) is 1.23. The molecule has 0 aromatic carbocycles. The molecule has 0 aliphatic carbocycles. The zero-order valence-corrected chi connectivity index (χ0v) is 6.44. The molecule has 1 rings (SSSR count). The number of carbonyl (C=O) groups excluding carboxylic acids is 1. The molecule has 1 atom stereocenters. The van der Waals surface area contributed by atoms with Gasteiger partial charge in [0, 0.05) is 19.9 Å². The normalized spacial score (nSPS) is 32.2. The molecule has 1 fully saturated rings. The Morgan fingerprint density at radius 1 is 1.70 bits per heavy atom. The Morgan fingerprint density at radius 2 is 2.40 bits per heavy atom. The second kappa shape index (κ2) is 2.58. The monoisotopic (exact) mass is 143 g/mol. The van der Waals surface area contributed by atoms with Crippen LogP contribution in [0.15, 0.2) is 0 Å². The molecule has 1 aliphatic rings. The molecule has 0 spiro atoms. The number of carbonyl (C=O) groups is 1. The van der Waals surface area contributed by atoms with Crippen molar-refractivity contribution in [3.05, 3.63) is 0 Å². The number of hydrogen-bond donors (Lipinski definition) is 1. The second-order valence-electron chi connectivity index (χ2n) is 2.97. The van der Waals surface area contributed by atoms with Crippen molar-refractivity contribution in [1.82, 2.24) is 5.32 Å². The van der Waals surface area contributed by atoms with E-state index in [2.05, 4.69) is 5.32 Å². The lowest BCUT2D eigenvalue weighted by molar-refractivity contribution is -0.153. The summed E-state index contributed by atoms with van der Waals surface area (Å²) in [4.78, 5) is 10.6. The molecular formula is C7H13NO2. The van der Waals surface area contributed by atoms with E-state index in [-0.39, 0.29) is 11.6 Å². The topological polar surface area (TPSA) is 38.3 Å². The van der Waals surface area contributed by atoms with Crippen LogP contribution in [0.2, 0.25) is 0 Å². The van der Waals surface area contributed by atoms with Gasteiger partial charge in [-0.3, -0.25) is 4.79 Å². The van der Waals surface area contributed by atoms with Gasteiger partial charge < -0.3 is 10.1 Å². The lowest BCUT2D eigenvalue weighted by Crippen LogP contribution is -2.32. The van der Waals surface area contributed by atoms with Gasteiger partial charge in [-0.15, -0.1) is 0 Å². The van der Waals surface area contributed by atoms with Crippen LogP contribution in [0.5, 0.6) is 0 Å². The number of ether oxygens (including phenoxy) is 1. The maximum Gasteiger partial charge on any atom is 0.303 e. The van der Waals surface area contributed by atoms with E-state index in [0.717, 1.165) is 19.5 Å². The summed E-state index contributed by atoms with van der Waals surface area (Å²) in [6, 6.07) is 0. The molecule has 58 valence electrons. The van der Waals surface area contributed by atoms with Gasteiger partial charge in [-0.1, -0.05) is 0 Å². The Labute approximate surface area is 60.7 Å². The van der Waals surface area contributed by atoms with E-state index in [0.29, 0.717) is 0 Å². The summed E-state index contributed by atoms with van der Waals surface area (Å²) in [5.41, 5.74) is -0.244. The molecule has 0 radical (unpaired) electrons. The summed E-state index contributed by atoms with van der Waals surface area (Å²) in [5, 5.41) is 3.14. The van der Waals surface area contributed by atoms with E-state index in [1.807, 2.05) is 6.92 Å². The van der Waals surface area contributed by atoms with Crippen LogP contribution < -0.4 is 5.32 Å². The van der Waals surface area contributed by atoms with E-state index >= 15 is 0 Å². The number of rotatable bonds is 1. The van der Waals surface area contributed by atoms with Gasteiger partial charge in [0.15, 0.2) is 0 Å². The summed E-state index contributed by atoms with van der Waals surface area (Å²) < 4.78 is 5.10. The quantitative estimate of drug-likeness (QED) is 0.536. The summed E-state index contributed by atoms with van der Waals surface area (Å²) in [6.45, 7) is 5.13. The van der Waals surface area contributed by atoms with Crippen molar-refractivity contribution in [3.63, 3.8) is 0 Å². The van der Waals surface area contributed by atoms with Crippen LogP contribution in [-0.2, 0) is 9.53 Å². The van der Waals surface area contributed by atoms with Crippen molar-refractivity contribution in [2.75, 3.05) is 13.1 Å². The first-order valence-electron chi connectivity index (χ1n) is 3.53. The van der Waals surface area contributed by atoms with Crippen LogP contribution in [-0.4, -0.2) is 24.7 Å². The van der Waals surface area contributed by atoms with Gasteiger partial charge in [0.05, 0.1) is 0 Å². The molecule has 3 nitrogen and oxygen atoms in total. The van der Waals surface area contributed by atoms with E-state index in [1.165, 1.54) is 6.92 Å². The molecule has 0 bridgehead atoms. The van der Waals surface area contributed by atoms with E-state index in [4.69, 9.17) is 4.74 Å². The second-order valence-corrected chi connectivity index (χ2v) is 2.97. The lowest BCUT2D eigenvalue weighted by atomic mass is 10.1. The third-order valence-corrected chi connectivity index (χ3v) is 1.72. The first-order chi connectivity index (χ1) is 4.62. The SMILES string of the molecule is CC(=O)O[C@@]1(C)CCNC1. The largest absolute Gasteiger partial charge is 0.458 e. The number of hydrogen-bond acceptors (Lipinski definition) is 3. The Morgan fingerprint density at radius 3 is 2.80 bits per heavy atom. The highest BCUT2D eigenvalue weighted by Crippen LogP contribution is 2.18. The fraction of sp³-hybridized carbons (Fsp3) is 0.857. The summed E-state index contributed by atoms with van der Waals surface area (Å²) >= 11 is 0. The highest BCUT2D eigenvalue weighted by Gasteiger charge is 2.31. The Balaban J connectivity index is 2.43. The Hall–Kier alpha value is -0.570. The molecular weight excluding hydrogens is 130 g/mol. The lowest BCUT2D eigenvalue weighted by Gasteiger charge is -2.21. The van der Waals surface area contributed by atoms with Gasteiger partial charge in [0.1, 0.15) is 5.60 Å². The molecule has 3 heteroatoms. The summed E-state index contributed by atoms with van der Waals surface area (Å²) in [5.74, 6) is -0.189. The molecule has 1 heterocycles. The average Bonchev–Trinajstić information content (AvgIpc) is 2.12. The molecule has 0 saturated carbocycles. The van der Waals surface area contributed by atoms with Crippen LogP contribution in [0, 0.1) is 0 Å². The van der Waals surface area contributed by atoms with Crippen molar-refractivity contribution >= 4 is 5.97 Å². The van der Waals surface area contributed by atoms with Crippen LogP contribution in [0.1, 0.15) is 20.3 Å². The van der Waals surface area contributed by atoms with Crippen LogP contribution >= 0.6 is 0 Å². The minimum atomic E-state index is -0.244. The maximum atomic E-state index is 10.6. The maximum absolute atomic E-state index is 10.6. The van der Waals surface area contributed by atoms with Crippen LogP contribution in [0.25, 0.3) is 0 Å². The third kappa shape index (κ3) is 1.70. The van der Waals surface area contributed by atoms with Gasteiger partial charge in [0.2, 0.25) is 0 Å². The van der Waals surface area contributed by atoms with Gasteiger partial charge in [-0.05, 0) is 13.5 Å². The van der Waals surface area contributed by atoms with E-state index in [9.17, 15) is 4.79 Å². The average molecular weight is 143 g/mol. The minimum absolute atomic E-state index is 0.189. The van der Waals surface area contributed by atoms with Crippen molar-refractivity contribution in [2.24, 2.45) is 0 Å². The predicted molar refractivity (Wildman–Crippen MR) is 37.7 cm³/mol. The Bertz CT molecular complexity index is 139. The zero-order valence-electron chi connectivity index (χ0n) is 6.44. The highest BCUT2D eigenvalue weighted by atomic mass is 16.6. The zero-order chi connectivity index (χ0) is 7.61. The van der Waals surface area contributed by atoms with Gasteiger partial charge in [0.25, 0.3) is 0 Å². The van der Waals surface area contributed by atoms with Crippen LogP contribution in [0.3, 0.4) is 0 Å². The smallest absolute Gasteiger partial charge is 0.303 e. The van der Waals surface area contributed by atoms with Gasteiger partial charge in [-0.2, -0.15) is 0 Å². The number of esters is 1. The van der Waals surface area contributed by atoms with Crippen molar-refractivity contribution in [1.29, 1.82) is 0 Å². The fourth-order valence-corrected chi connectivity index (χ4v) is 1.23. The molecule has 0 aromatic rings. The molecule has 0 aromatic heterocycles.